The highest BCUT2D eigenvalue weighted by Gasteiger charge is 2.19. The molecule has 0 aromatic carbocycles. The first kappa shape index (κ1) is 8.97. The van der Waals surface area contributed by atoms with Gasteiger partial charge in [-0.25, -0.2) is 0 Å². The number of hydrogen-bond donors (Lipinski definition) is 0. The zero-order chi connectivity index (χ0) is 9.14. The van der Waals surface area contributed by atoms with Crippen LogP contribution in [0.4, 0.5) is 0 Å². The van der Waals surface area contributed by atoms with Gasteiger partial charge in [0.05, 0.1) is 0 Å². The molecule has 0 aromatic rings. The average molecular weight is 167 g/mol. The van der Waals surface area contributed by atoms with Gasteiger partial charge in [0.25, 0.3) is 0 Å². The second kappa shape index (κ2) is 3.52. The Morgan fingerprint density at radius 2 is 2.42 bits per heavy atom. The van der Waals surface area contributed by atoms with E-state index < -0.39 is 0 Å². The maximum atomic E-state index is 11.1. The molecule has 1 aliphatic heterocycles. The standard InChI is InChI=1S/C9H13NO2/c1-7(11)5-8-3-4-10(2)9(12)6-8/h3-4,8H,5-6H2,1-2H3. The zero-order valence-electron chi connectivity index (χ0n) is 7.41. The lowest BCUT2D eigenvalue weighted by Crippen LogP contribution is -2.27. The van der Waals surface area contributed by atoms with Crippen LogP contribution in [-0.2, 0) is 9.59 Å². The second-order valence-corrected chi connectivity index (χ2v) is 3.22. The fourth-order valence-electron chi connectivity index (χ4n) is 1.28. The van der Waals surface area contributed by atoms with Crippen molar-refractivity contribution in [3.05, 3.63) is 12.3 Å². The van der Waals surface area contributed by atoms with Crippen LogP contribution in [0, 0.1) is 5.92 Å². The van der Waals surface area contributed by atoms with Crippen molar-refractivity contribution >= 4 is 11.7 Å². The Balaban J connectivity index is 2.55. The van der Waals surface area contributed by atoms with Crippen molar-refractivity contribution in [3.8, 4) is 0 Å². The molecular weight excluding hydrogens is 154 g/mol. The molecule has 0 aliphatic carbocycles. The van der Waals surface area contributed by atoms with E-state index in [0.29, 0.717) is 12.8 Å². The van der Waals surface area contributed by atoms with E-state index in [1.807, 2.05) is 6.08 Å². The first-order chi connectivity index (χ1) is 5.59. The summed E-state index contributed by atoms with van der Waals surface area (Å²) in [4.78, 5) is 23.4. The highest BCUT2D eigenvalue weighted by atomic mass is 16.2. The molecule has 0 fully saturated rings. The summed E-state index contributed by atoms with van der Waals surface area (Å²) in [5, 5.41) is 0. The van der Waals surface area contributed by atoms with Crippen LogP contribution in [0.15, 0.2) is 12.3 Å². The minimum Gasteiger partial charge on any atom is -0.322 e. The third-order valence-corrected chi connectivity index (χ3v) is 1.96. The summed E-state index contributed by atoms with van der Waals surface area (Å²) >= 11 is 0. The van der Waals surface area contributed by atoms with Gasteiger partial charge < -0.3 is 9.69 Å². The molecule has 1 heterocycles. The summed E-state index contributed by atoms with van der Waals surface area (Å²) in [6.45, 7) is 1.55. The fraction of sp³-hybridized carbons (Fsp3) is 0.556. The van der Waals surface area contributed by atoms with Gasteiger partial charge in [-0.3, -0.25) is 4.79 Å². The Hall–Kier alpha value is -1.12. The normalized spacial score (nSPS) is 23.0. The fourth-order valence-corrected chi connectivity index (χ4v) is 1.28. The zero-order valence-corrected chi connectivity index (χ0v) is 7.41. The summed E-state index contributed by atoms with van der Waals surface area (Å²) in [7, 11) is 1.73. The van der Waals surface area contributed by atoms with Gasteiger partial charge in [-0.05, 0) is 12.8 Å². The smallest absolute Gasteiger partial charge is 0.226 e. The van der Waals surface area contributed by atoms with Crippen molar-refractivity contribution in [3.63, 3.8) is 0 Å². The van der Waals surface area contributed by atoms with E-state index in [0.717, 1.165) is 0 Å². The number of amides is 1. The van der Waals surface area contributed by atoms with Gasteiger partial charge >= 0.3 is 0 Å². The van der Waals surface area contributed by atoms with Gasteiger partial charge in [-0.2, -0.15) is 0 Å². The molecule has 3 nitrogen and oxygen atoms in total. The molecule has 0 radical (unpaired) electrons. The molecule has 1 atom stereocenters. The Kier molecular flexibility index (Phi) is 2.63. The van der Waals surface area contributed by atoms with Crippen LogP contribution >= 0.6 is 0 Å². The number of hydrogen-bond acceptors (Lipinski definition) is 2. The number of allylic oxidation sites excluding steroid dienone is 1. The minimum absolute atomic E-state index is 0.0868. The van der Waals surface area contributed by atoms with Crippen LogP contribution in [0.2, 0.25) is 0 Å². The highest BCUT2D eigenvalue weighted by Crippen LogP contribution is 2.17. The van der Waals surface area contributed by atoms with Gasteiger partial charge in [0.1, 0.15) is 5.78 Å². The number of nitrogens with zero attached hydrogens (tertiary/aromatic N) is 1. The van der Waals surface area contributed by atoms with Gasteiger partial charge in [0.2, 0.25) is 5.91 Å². The topological polar surface area (TPSA) is 37.4 Å². The van der Waals surface area contributed by atoms with Gasteiger partial charge in [-0.1, -0.05) is 6.08 Å². The van der Waals surface area contributed by atoms with Crippen LogP contribution in [-0.4, -0.2) is 23.6 Å². The Morgan fingerprint density at radius 1 is 1.75 bits per heavy atom. The molecule has 1 unspecified atom stereocenters. The lowest BCUT2D eigenvalue weighted by molar-refractivity contribution is -0.129. The molecule has 0 bridgehead atoms. The number of carbonyl (C=O) groups excluding carboxylic acids is 2. The number of ketones is 1. The SMILES string of the molecule is CC(=O)CC1C=CN(C)C(=O)C1. The maximum Gasteiger partial charge on any atom is 0.226 e. The van der Waals surface area contributed by atoms with Crippen molar-refractivity contribution in [2.45, 2.75) is 19.8 Å². The van der Waals surface area contributed by atoms with Gasteiger partial charge in [0, 0.05) is 26.1 Å². The van der Waals surface area contributed by atoms with E-state index in [4.69, 9.17) is 0 Å². The molecule has 0 N–H and O–H groups in total. The predicted octanol–water partition coefficient (Wildman–Crippen LogP) is 0.957. The molecular formula is C9H13NO2. The summed E-state index contributed by atoms with van der Waals surface area (Å²) in [6, 6.07) is 0. The van der Waals surface area contributed by atoms with E-state index in [2.05, 4.69) is 0 Å². The number of carbonyl (C=O) groups is 2. The molecule has 0 saturated carbocycles. The summed E-state index contributed by atoms with van der Waals surface area (Å²) in [6.07, 6.45) is 4.60. The molecule has 1 amide bonds. The van der Waals surface area contributed by atoms with Crippen LogP contribution in [0.3, 0.4) is 0 Å². The van der Waals surface area contributed by atoms with Gasteiger partial charge in [-0.15, -0.1) is 0 Å². The first-order valence-corrected chi connectivity index (χ1v) is 4.03. The third-order valence-electron chi connectivity index (χ3n) is 1.96. The summed E-state index contributed by atoms with van der Waals surface area (Å²) in [5.74, 6) is 0.344. The molecule has 0 aromatic heterocycles. The lowest BCUT2D eigenvalue weighted by atomic mass is 9.96. The van der Waals surface area contributed by atoms with Gasteiger partial charge in [0.15, 0.2) is 0 Å². The van der Waals surface area contributed by atoms with Crippen molar-refractivity contribution < 1.29 is 9.59 Å². The predicted molar refractivity (Wildman–Crippen MR) is 45.3 cm³/mol. The van der Waals surface area contributed by atoms with E-state index in [1.165, 1.54) is 0 Å². The average Bonchev–Trinajstić information content (AvgIpc) is 1.96. The van der Waals surface area contributed by atoms with E-state index in [9.17, 15) is 9.59 Å². The van der Waals surface area contributed by atoms with Crippen molar-refractivity contribution in [2.75, 3.05) is 7.05 Å². The van der Waals surface area contributed by atoms with Crippen LogP contribution < -0.4 is 0 Å². The molecule has 66 valence electrons. The number of Topliss-reactive ketones (excluding diaryl/α,β-unsaturated/α-hetero) is 1. The number of rotatable bonds is 2. The first-order valence-electron chi connectivity index (χ1n) is 4.03. The highest BCUT2D eigenvalue weighted by molar-refractivity contribution is 5.81. The summed E-state index contributed by atoms with van der Waals surface area (Å²) in [5.41, 5.74) is 0. The monoisotopic (exact) mass is 167 g/mol. The molecule has 3 heteroatoms. The van der Waals surface area contributed by atoms with Crippen LogP contribution in [0.25, 0.3) is 0 Å². The second-order valence-electron chi connectivity index (χ2n) is 3.22. The van der Waals surface area contributed by atoms with E-state index in [1.54, 1.807) is 25.1 Å². The van der Waals surface area contributed by atoms with Crippen LogP contribution in [0.1, 0.15) is 19.8 Å². The van der Waals surface area contributed by atoms with Crippen molar-refractivity contribution in [1.82, 2.24) is 4.90 Å². The van der Waals surface area contributed by atoms with Crippen molar-refractivity contribution in [2.24, 2.45) is 5.92 Å². The van der Waals surface area contributed by atoms with E-state index in [-0.39, 0.29) is 17.6 Å². The summed E-state index contributed by atoms with van der Waals surface area (Å²) < 4.78 is 0. The molecule has 0 spiro atoms. The molecule has 1 rings (SSSR count). The minimum atomic E-state index is 0.0868. The Labute approximate surface area is 72.0 Å². The Morgan fingerprint density at radius 3 is 2.92 bits per heavy atom. The molecule has 1 aliphatic rings. The van der Waals surface area contributed by atoms with E-state index >= 15 is 0 Å². The molecule has 12 heavy (non-hydrogen) atoms. The largest absolute Gasteiger partial charge is 0.322 e. The van der Waals surface area contributed by atoms with Crippen molar-refractivity contribution in [1.29, 1.82) is 0 Å². The quantitative estimate of drug-likeness (QED) is 0.614. The lowest BCUT2D eigenvalue weighted by Gasteiger charge is -2.21. The third kappa shape index (κ3) is 2.19. The molecule has 0 saturated heterocycles. The Bertz CT molecular complexity index is 233. The van der Waals surface area contributed by atoms with Crippen LogP contribution in [0.5, 0.6) is 0 Å². The maximum absolute atomic E-state index is 11.1.